The minimum Gasteiger partial charge on any atom is -0.394 e. The van der Waals surface area contributed by atoms with Crippen molar-refractivity contribution in [2.75, 3.05) is 6.61 Å². The van der Waals surface area contributed by atoms with Crippen LogP contribution in [0.25, 0.3) is 0 Å². The topological polar surface area (TPSA) is 69.6 Å². The molecule has 240 valence electrons. The van der Waals surface area contributed by atoms with Crippen LogP contribution in [0.5, 0.6) is 0 Å². The van der Waals surface area contributed by atoms with Gasteiger partial charge in [0.15, 0.2) is 0 Å². The van der Waals surface area contributed by atoms with Crippen LogP contribution in [0.2, 0.25) is 0 Å². The highest BCUT2D eigenvalue weighted by molar-refractivity contribution is 5.76. The molecule has 0 heterocycles. The molecule has 0 aliphatic heterocycles. The van der Waals surface area contributed by atoms with Crippen LogP contribution in [0.4, 0.5) is 0 Å². The molecule has 0 saturated heterocycles. The molecule has 0 bridgehead atoms. The van der Waals surface area contributed by atoms with Crippen molar-refractivity contribution in [3.63, 3.8) is 0 Å². The number of hydrogen-bond donors (Lipinski definition) is 3. The van der Waals surface area contributed by atoms with E-state index in [1.165, 1.54) is 154 Å². The van der Waals surface area contributed by atoms with E-state index < -0.39 is 12.1 Å². The summed E-state index contributed by atoms with van der Waals surface area (Å²) in [5.74, 6) is -0.0295. The van der Waals surface area contributed by atoms with Gasteiger partial charge >= 0.3 is 0 Å². The fraction of sp³-hybridized carbons (Fsp3) is 0.972. The summed E-state index contributed by atoms with van der Waals surface area (Å²) < 4.78 is 0. The van der Waals surface area contributed by atoms with Crippen LogP contribution < -0.4 is 5.32 Å². The first kappa shape index (κ1) is 39.4. The highest BCUT2D eigenvalue weighted by Crippen LogP contribution is 2.15. The predicted octanol–water partition coefficient (Wildman–Crippen LogP) is 10.6. The Hall–Kier alpha value is -0.610. The number of aliphatic hydroxyl groups excluding tert-OH is 2. The van der Waals surface area contributed by atoms with Gasteiger partial charge in [-0.1, -0.05) is 187 Å². The molecule has 1 amide bonds. The lowest BCUT2D eigenvalue weighted by Gasteiger charge is -2.22. The van der Waals surface area contributed by atoms with Crippen molar-refractivity contribution in [2.24, 2.45) is 0 Å². The van der Waals surface area contributed by atoms with Gasteiger partial charge < -0.3 is 15.5 Å². The van der Waals surface area contributed by atoms with Crippen LogP contribution in [0, 0.1) is 0 Å². The van der Waals surface area contributed by atoms with E-state index >= 15 is 0 Å². The largest absolute Gasteiger partial charge is 0.394 e. The molecular weight excluding hydrogens is 494 g/mol. The minimum atomic E-state index is -0.650. The third kappa shape index (κ3) is 28.9. The van der Waals surface area contributed by atoms with Gasteiger partial charge in [0.2, 0.25) is 5.91 Å². The summed E-state index contributed by atoms with van der Waals surface area (Å²) >= 11 is 0. The summed E-state index contributed by atoms with van der Waals surface area (Å²) in [5, 5.41) is 23.0. The van der Waals surface area contributed by atoms with Gasteiger partial charge in [-0.25, -0.2) is 0 Å². The normalized spacial score (nSPS) is 13.0. The van der Waals surface area contributed by atoms with Gasteiger partial charge in [0.25, 0.3) is 0 Å². The van der Waals surface area contributed by atoms with E-state index in [0.717, 1.165) is 25.7 Å². The van der Waals surface area contributed by atoms with Crippen molar-refractivity contribution in [2.45, 2.75) is 219 Å². The van der Waals surface area contributed by atoms with Crippen molar-refractivity contribution in [3.8, 4) is 0 Å². The maximum Gasteiger partial charge on any atom is 0.220 e. The molecule has 0 rings (SSSR count). The number of carbonyl (C=O) groups excluding carboxylic acids is 1. The van der Waals surface area contributed by atoms with E-state index in [1.54, 1.807) is 0 Å². The second kappa shape index (κ2) is 32.9. The van der Waals surface area contributed by atoms with Gasteiger partial charge in [-0.2, -0.15) is 0 Å². The van der Waals surface area contributed by atoms with Crippen molar-refractivity contribution in [1.82, 2.24) is 5.32 Å². The van der Waals surface area contributed by atoms with Crippen LogP contribution in [0.15, 0.2) is 0 Å². The fourth-order valence-electron chi connectivity index (χ4n) is 5.77. The Balaban J connectivity index is 3.52. The molecule has 0 radical (unpaired) electrons. The van der Waals surface area contributed by atoms with Crippen molar-refractivity contribution in [3.05, 3.63) is 0 Å². The van der Waals surface area contributed by atoms with Crippen LogP contribution in [-0.2, 0) is 4.79 Å². The summed E-state index contributed by atoms with van der Waals surface area (Å²) in [6.07, 6.45) is 37.2. The molecule has 0 fully saturated rings. The highest BCUT2D eigenvalue weighted by Gasteiger charge is 2.19. The second-order valence-electron chi connectivity index (χ2n) is 12.7. The van der Waals surface area contributed by atoms with Crippen molar-refractivity contribution < 1.29 is 15.0 Å². The number of carbonyl (C=O) groups is 1. The number of nitrogens with one attached hydrogen (secondary N) is 1. The molecule has 0 spiro atoms. The molecule has 0 aliphatic carbocycles. The first-order valence-corrected chi connectivity index (χ1v) is 18.2. The Labute approximate surface area is 251 Å². The van der Waals surface area contributed by atoms with Gasteiger partial charge in [0.05, 0.1) is 18.8 Å². The van der Waals surface area contributed by atoms with E-state index in [-0.39, 0.29) is 12.5 Å². The average molecular weight is 568 g/mol. The molecule has 0 saturated carbocycles. The number of aliphatic hydroxyl groups is 2. The molecule has 0 aromatic heterocycles. The van der Waals surface area contributed by atoms with Gasteiger partial charge in [0, 0.05) is 6.42 Å². The lowest BCUT2D eigenvalue weighted by Crippen LogP contribution is -2.45. The standard InChI is InChI=1S/C36H73NO3/c1-3-5-7-9-11-13-15-17-18-19-20-22-24-26-28-30-32-36(40)37-34(33-38)35(39)31-29-27-25-23-21-16-14-12-10-8-6-4-2/h34-35,38-39H,3-33H2,1-2H3,(H,37,40)/t34-,35+/m0/s1. The second-order valence-corrected chi connectivity index (χ2v) is 12.7. The Kier molecular flexibility index (Phi) is 32.4. The molecule has 40 heavy (non-hydrogen) atoms. The van der Waals surface area contributed by atoms with E-state index in [0.29, 0.717) is 12.8 Å². The quantitative estimate of drug-likeness (QED) is 0.0691. The van der Waals surface area contributed by atoms with E-state index in [9.17, 15) is 15.0 Å². The lowest BCUT2D eigenvalue weighted by molar-refractivity contribution is -0.123. The Bertz CT molecular complexity index is 498. The van der Waals surface area contributed by atoms with Crippen LogP contribution in [0.3, 0.4) is 0 Å². The summed E-state index contributed by atoms with van der Waals surface area (Å²) in [7, 11) is 0. The van der Waals surface area contributed by atoms with Gasteiger partial charge in [-0.15, -0.1) is 0 Å². The molecule has 0 aromatic carbocycles. The summed E-state index contributed by atoms with van der Waals surface area (Å²) in [6, 6.07) is -0.527. The van der Waals surface area contributed by atoms with Crippen LogP contribution >= 0.6 is 0 Å². The third-order valence-corrected chi connectivity index (χ3v) is 8.62. The Morgan fingerprint density at radius 3 is 1.12 bits per heavy atom. The molecule has 0 unspecified atom stereocenters. The average Bonchev–Trinajstić information content (AvgIpc) is 2.96. The number of hydrogen-bond acceptors (Lipinski definition) is 3. The first-order chi connectivity index (χ1) is 19.7. The fourth-order valence-corrected chi connectivity index (χ4v) is 5.77. The molecular formula is C36H73NO3. The third-order valence-electron chi connectivity index (χ3n) is 8.62. The van der Waals surface area contributed by atoms with E-state index in [2.05, 4.69) is 19.2 Å². The number of unbranched alkanes of at least 4 members (excludes halogenated alkanes) is 26. The van der Waals surface area contributed by atoms with Crippen LogP contribution in [-0.4, -0.2) is 34.9 Å². The predicted molar refractivity (Wildman–Crippen MR) is 175 cm³/mol. The smallest absolute Gasteiger partial charge is 0.220 e. The minimum absolute atomic E-state index is 0.0295. The number of rotatable bonds is 33. The molecule has 0 aliphatic rings. The Morgan fingerprint density at radius 2 is 0.800 bits per heavy atom. The molecule has 4 heteroatoms. The van der Waals surface area contributed by atoms with E-state index in [4.69, 9.17) is 0 Å². The van der Waals surface area contributed by atoms with Gasteiger partial charge in [-0.05, 0) is 12.8 Å². The highest BCUT2D eigenvalue weighted by atomic mass is 16.3. The monoisotopic (exact) mass is 568 g/mol. The summed E-state index contributed by atoms with van der Waals surface area (Å²) in [4.78, 5) is 12.3. The van der Waals surface area contributed by atoms with Crippen molar-refractivity contribution in [1.29, 1.82) is 0 Å². The maximum absolute atomic E-state index is 12.3. The summed E-state index contributed by atoms with van der Waals surface area (Å²) in [5.41, 5.74) is 0. The maximum atomic E-state index is 12.3. The van der Waals surface area contributed by atoms with Gasteiger partial charge in [0.1, 0.15) is 0 Å². The zero-order valence-corrected chi connectivity index (χ0v) is 27.4. The van der Waals surface area contributed by atoms with E-state index in [1.807, 2.05) is 0 Å². The molecule has 4 nitrogen and oxygen atoms in total. The van der Waals surface area contributed by atoms with Gasteiger partial charge in [-0.3, -0.25) is 4.79 Å². The zero-order valence-electron chi connectivity index (χ0n) is 27.4. The zero-order chi connectivity index (χ0) is 29.4. The molecule has 0 aromatic rings. The summed E-state index contributed by atoms with van der Waals surface area (Å²) in [6.45, 7) is 4.35. The number of amides is 1. The Morgan fingerprint density at radius 1 is 0.500 bits per heavy atom. The lowest BCUT2D eigenvalue weighted by atomic mass is 10.0. The first-order valence-electron chi connectivity index (χ1n) is 18.2. The van der Waals surface area contributed by atoms with Crippen LogP contribution in [0.1, 0.15) is 206 Å². The SMILES string of the molecule is CCCCCCCCCCCCCCCCCCC(=O)N[C@@H](CO)[C@H](O)CCCCCCCCCCCCCC. The molecule has 3 N–H and O–H groups in total. The van der Waals surface area contributed by atoms with Crippen molar-refractivity contribution >= 4 is 5.91 Å². The molecule has 2 atom stereocenters.